The molecule has 2 aliphatic heterocycles. The van der Waals surface area contributed by atoms with E-state index in [1.165, 1.54) is 36.7 Å². The van der Waals surface area contributed by atoms with Crippen LogP contribution in [-0.2, 0) is 16.8 Å². The van der Waals surface area contributed by atoms with Gasteiger partial charge < -0.3 is 14.6 Å². The van der Waals surface area contributed by atoms with Crippen LogP contribution in [-0.4, -0.2) is 50.4 Å². The lowest BCUT2D eigenvalue weighted by Crippen LogP contribution is -2.41. The number of aromatic amines is 1. The predicted octanol–water partition coefficient (Wildman–Crippen LogP) is 1.68. The van der Waals surface area contributed by atoms with Gasteiger partial charge in [-0.15, -0.1) is 0 Å². The number of likely N-dealkylation sites (tertiary alicyclic amines) is 1. The van der Waals surface area contributed by atoms with E-state index in [0.717, 1.165) is 11.3 Å². The van der Waals surface area contributed by atoms with Gasteiger partial charge in [-0.1, -0.05) is 0 Å². The third kappa shape index (κ3) is 3.17. The van der Waals surface area contributed by atoms with Crippen LogP contribution >= 0.6 is 0 Å². The Kier molecular flexibility index (Phi) is 4.39. The summed E-state index contributed by atoms with van der Waals surface area (Å²) in [6, 6.07) is 6.74. The number of H-pyrrole nitrogens is 1. The van der Waals surface area contributed by atoms with Gasteiger partial charge in [0.15, 0.2) is 0 Å². The molecule has 1 N–H and O–H groups in total. The maximum atomic E-state index is 13.2. The number of rotatable bonds is 2. The summed E-state index contributed by atoms with van der Waals surface area (Å²) in [5.41, 5.74) is 1.60. The second-order valence-electron chi connectivity index (χ2n) is 7.63. The number of carbonyl (C=O) groups excluding carboxylic acids is 1. The SMILES string of the molecule is O=C(c1cc(=O)[nH]c(-c2ccc(F)cc2)n1)N1CC[C@]2(COCc3cncnc32)C1. The van der Waals surface area contributed by atoms with Crippen molar-refractivity contribution in [2.75, 3.05) is 19.7 Å². The molecular weight excluding hydrogens is 389 g/mol. The Morgan fingerprint density at radius 3 is 2.93 bits per heavy atom. The van der Waals surface area contributed by atoms with Crippen LogP contribution in [0, 0.1) is 5.82 Å². The van der Waals surface area contributed by atoms with E-state index in [1.807, 2.05) is 0 Å². The fourth-order valence-electron chi connectivity index (χ4n) is 4.20. The molecule has 8 nitrogen and oxygen atoms in total. The highest BCUT2D eigenvalue weighted by Crippen LogP contribution is 2.38. The molecule has 1 amide bonds. The first-order chi connectivity index (χ1) is 14.5. The molecule has 30 heavy (non-hydrogen) atoms. The van der Waals surface area contributed by atoms with Gasteiger partial charge in [0, 0.05) is 36.5 Å². The van der Waals surface area contributed by atoms with Crippen LogP contribution in [0.25, 0.3) is 11.4 Å². The quantitative estimate of drug-likeness (QED) is 0.694. The number of nitrogens with one attached hydrogen (secondary N) is 1. The highest BCUT2D eigenvalue weighted by molar-refractivity contribution is 5.93. The average molecular weight is 407 g/mol. The second kappa shape index (κ2) is 7.10. The Balaban J connectivity index is 1.44. The van der Waals surface area contributed by atoms with Gasteiger partial charge in [-0.05, 0) is 30.7 Å². The number of hydrogen-bond acceptors (Lipinski definition) is 6. The van der Waals surface area contributed by atoms with E-state index in [-0.39, 0.29) is 22.8 Å². The monoisotopic (exact) mass is 407 g/mol. The molecule has 3 aromatic rings. The number of carbonyl (C=O) groups is 1. The predicted molar refractivity (Wildman–Crippen MR) is 104 cm³/mol. The molecule has 0 saturated carbocycles. The van der Waals surface area contributed by atoms with Crippen molar-refractivity contribution in [2.24, 2.45) is 0 Å². The van der Waals surface area contributed by atoms with Crippen molar-refractivity contribution in [1.29, 1.82) is 0 Å². The molecule has 1 fully saturated rings. The number of ether oxygens (including phenoxy) is 1. The molecule has 2 aliphatic rings. The fourth-order valence-corrected chi connectivity index (χ4v) is 4.20. The number of fused-ring (bicyclic) bond motifs is 2. The van der Waals surface area contributed by atoms with Crippen LogP contribution in [0.1, 0.15) is 28.2 Å². The molecule has 2 aromatic heterocycles. The Labute approximate surface area is 170 Å². The van der Waals surface area contributed by atoms with Crippen LogP contribution in [0.5, 0.6) is 0 Å². The van der Waals surface area contributed by atoms with Crippen LogP contribution in [0.3, 0.4) is 0 Å². The number of benzene rings is 1. The smallest absolute Gasteiger partial charge is 0.272 e. The maximum Gasteiger partial charge on any atom is 0.272 e. The van der Waals surface area contributed by atoms with Crippen LogP contribution in [0.15, 0.2) is 47.7 Å². The van der Waals surface area contributed by atoms with Crippen molar-refractivity contribution in [3.8, 4) is 11.4 Å². The number of hydrogen-bond donors (Lipinski definition) is 1. The molecule has 1 saturated heterocycles. The number of nitrogens with zero attached hydrogens (tertiary/aromatic N) is 4. The van der Waals surface area contributed by atoms with Crippen molar-refractivity contribution in [3.63, 3.8) is 0 Å². The molecule has 4 heterocycles. The van der Waals surface area contributed by atoms with Gasteiger partial charge in [0.05, 0.1) is 24.3 Å². The molecule has 0 aliphatic carbocycles. The van der Waals surface area contributed by atoms with Gasteiger partial charge in [-0.2, -0.15) is 0 Å². The first-order valence-electron chi connectivity index (χ1n) is 9.58. The van der Waals surface area contributed by atoms with Crippen molar-refractivity contribution in [2.45, 2.75) is 18.4 Å². The highest BCUT2D eigenvalue weighted by atomic mass is 19.1. The summed E-state index contributed by atoms with van der Waals surface area (Å²) in [4.78, 5) is 42.4. The van der Waals surface area contributed by atoms with E-state index in [2.05, 4.69) is 19.9 Å². The van der Waals surface area contributed by atoms with Crippen molar-refractivity contribution < 1.29 is 13.9 Å². The molecule has 1 aromatic carbocycles. The summed E-state index contributed by atoms with van der Waals surface area (Å²) >= 11 is 0. The van der Waals surface area contributed by atoms with E-state index >= 15 is 0 Å². The second-order valence-corrected chi connectivity index (χ2v) is 7.63. The molecule has 152 valence electrons. The minimum atomic E-state index is -0.444. The van der Waals surface area contributed by atoms with E-state index < -0.39 is 11.4 Å². The van der Waals surface area contributed by atoms with E-state index in [0.29, 0.717) is 38.3 Å². The lowest BCUT2D eigenvalue weighted by Gasteiger charge is -2.33. The van der Waals surface area contributed by atoms with Gasteiger partial charge in [-0.25, -0.2) is 19.3 Å². The summed E-state index contributed by atoms with van der Waals surface area (Å²) in [5.74, 6) is -0.504. The molecule has 9 heteroatoms. The zero-order valence-electron chi connectivity index (χ0n) is 16.0. The number of halogens is 1. The molecule has 0 radical (unpaired) electrons. The minimum Gasteiger partial charge on any atom is -0.376 e. The molecule has 0 bridgehead atoms. The lowest BCUT2D eigenvalue weighted by molar-refractivity contribution is 0.0483. The fraction of sp³-hybridized carbons (Fsp3) is 0.286. The molecule has 1 atom stereocenters. The zero-order valence-corrected chi connectivity index (χ0v) is 16.0. The topological polar surface area (TPSA) is 101 Å². The van der Waals surface area contributed by atoms with E-state index in [9.17, 15) is 14.0 Å². The summed E-state index contributed by atoms with van der Waals surface area (Å²) in [7, 11) is 0. The van der Waals surface area contributed by atoms with Crippen LogP contribution in [0.2, 0.25) is 0 Å². The zero-order chi connectivity index (χ0) is 20.7. The molecule has 5 rings (SSSR count). The van der Waals surface area contributed by atoms with Crippen molar-refractivity contribution >= 4 is 5.91 Å². The Hall–Kier alpha value is -3.46. The van der Waals surface area contributed by atoms with Gasteiger partial charge in [0.1, 0.15) is 23.7 Å². The van der Waals surface area contributed by atoms with Gasteiger partial charge >= 0.3 is 0 Å². The first-order valence-corrected chi connectivity index (χ1v) is 9.58. The molecule has 1 spiro atoms. The third-order valence-corrected chi connectivity index (χ3v) is 5.65. The standard InChI is InChI=1S/C21H18FN5O3/c22-15-3-1-13(2-4-15)19-25-16(7-17(28)26-19)20(29)27-6-5-21(10-27)11-30-9-14-8-23-12-24-18(14)21/h1-4,7-8,12H,5-6,9-11H2,(H,25,26,28)/t21-/m1/s1. The summed E-state index contributed by atoms with van der Waals surface area (Å²) in [6.07, 6.45) is 3.97. The maximum absolute atomic E-state index is 13.2. The Morgan fingerprint density at radius 1 is 1.27 bits per heavy atom. The minimum absolute atomic E-state index is 0.0507. The summed E-state index contributed by atoms with van der Waals surface area (Å²) in [5, 5.41) is 0. The van der Waals surface area contributed by atoms with E-state index in [1.54, 1.807) is 11.1 Å². The van der Waals surface area contributed by atoms with Gasteiger partial charge in [0.25, 0.3) is 11.5 Å². The number of amides is 1. The molecule has 0 unspecified atom stereocenters. The highest BCUT2D eigenvalue weighted by Gasteiger charge is 2.46. The summed E-state index contributed by atoms with van der Waals surface area (Å²) < 4.78 is 19.0. The van der Waals surface area contributed by atoms with E-state index in [4.69, 9.17) is 4.74 Å². The normalized spacial score (nSPS) is 20.4. The number of aromatic nitrogens is 4. The largest absolute Gasteiger partial charge is 0.376 e. The third-order valence-electron chi connectivity index (χ3n) is 5.65. The Bertz CT molecular complexity index is 1180. The van der Waals surface area contributed by atoms with Crippen LogP contribution in [0.4, 0.5) is 4.39 Å². The van der Waals surface area contributed by atoms with Crippen molar-refractivity contribution in [3.05, 3.63) is 76.0 Å². The first kappa shape index (κ1) is 18.6. The van der Waals surface area contributed by atoms with Crippen LogP contribution < -0.4 is 5.56 Å². The Morgan fingerprint density at radius 2 is 2.10 bits per heavy atom. The average Bonchev–Trinajstić information content (AvgIpc) is 3.18. The van der Waals surface area contributed by atoms with Gasteiger partial charge in [-0.3, -0.25) is 9.59 Å². The lowest BCUT2D eigenvalue weighted by atomic mass is 9.81. The summed E-state index contributed by atoms with van der Waals surface area (Å²) in [6.45, 7) is 1.87. The van der Waals surface area contributed by atoms with Gasteiger partial charge in [0.2, 0.25) is 0 Å². The molecular formula is C21H18FN5O3. The van der Waals surface area contributed by atoms with Crippen molar-refractivity contribution in [1.82, 2.24) is 24.8 Å².